The predicted molar refractivity (Wildman–Crippen MR) is 243 cm³/mol. The Morgan fingerprint density at radius 1 is 0.569 bits per heavy atom. The Morgan fingerprint density at radius 3 is 1.74 bits per heavy atom. The van der Waals surface area contributed by atoms with E-state index in [0.717, 1.165) is 55.8 Å². The minimum atomic E-state index is -0.506. The molecule has 0 atom stereocenters. The van der Waals surface area contributed by atoms with Crippen LogP contribution in [0.5, 0.6) is 5.75 Å². The summed E-state index contributed by atoms with van der Waals surface area (Å²) in [7, 11) is 0. The van der Waals surface area contributed by atoms with Crippen LogP contribution < -0.4 is 0 Å². The van der Waals surface area contributed by atoms with Gasteiger partial charge in [-0.3, -0.25) is 9.55 Å². The summed E-state index contributed by atoms with van der Waals surface area (Å²) in [4.78, 5) is 14.3. The maximum absolute atomic E-state index is 12.3. The highest BCUT2D eigenvalue weighted by molar-refractivity contribution is 5.98. The standard InChI is InChI=1S/C53H56N4O/c1-50(2,3)37-29-34(30-38(31-37)51(4,5)6)33-26-35(28-36(27-33)43-23-17-18-25-55-43)40-22-19-24-44-46(40)56-49(57(44)39-20-15-14-16-21-39)41-32-42(52(7,8)9)47(54-13)45(48(41)58)53(10,11)12/h14-32,58H,1-12H3. The van der Waals surface area contributed by atoms with Crippen LogP contribution in [0.4, 0.5) is 5.69 Å². The lowest BCUT2D eigenvalue weighted by Crippen LogP contribution is -2.18. The van der Waals surface area contributed by atoms with Crippen LogP contribution in [0.25, 0.3) is 66.5 Å². The van der Waals surface area contributed by atoms with E-state index >= 15 is 0 Å². The highest BCUT2D eigenvalue weighted by Crippen LogP contribution is 2.50. The number of benzene rings is 5. The van der Waals surface area contributed by atoms with E-state index in [4.69, 9.17) is 16.5 Å². The summed E-state index contributed by atoms with van der Waals surface area (Å²) in [6.07, 6.45) is 1.84. The zero-order chi connectivity index (χ0) is 41.9. The second-order valence-electron chi connectivity index (χ2n) is 19.7. The highest BCUT2D eigenvalue weighted by atomic mass is 16.3. The van der Waals surface area contributed by atoms with Gasteiger partial charge in [-0.05, 0) is 104 Å². The van der Waals surface area contributed by atoms with E-state index < -0.39 is 5.41 Å². The highest BCUT2D eigenvalue weighted by Gasteiger charge is 2.33. The van der Waals surface area contributed by atoms with Crippen LogP contribution in [0.3, 0.4) is 0 Å². The number of fused-ring (bicyclic) bond motifs is 1. The van der Waals surface area contributed by atoms with Gasteiger partial charge in [-0.15, -0.1) is 0 Å². The number of rotatable bonds is 5. The van der Waals surface area contributed by atoms with Gasteiger partial charge >= 0.3 is 0 Å². The lowest BCUT2D eigenvalue weighted by Gasteiger charge is -2.29. The fourth-order valence-electron chi connectivity index (χ4n) is 7.87. The van der Waals surface area contributed by atoms with Crippen molar-refractivity contribution >= 4 is 16.7 Å². The van der Waals surface area contributed by atoms with Crippen LogP contribution in [-0.4, -0.2) is 19.6 Å². The largest absolute Gasteiger partial charge is 0.508 e. The smallest absolute Gasteiger partial charge is 0.198 e. The van der Waals surface area contributed by atoms with Crippen molar-refractivity contribution in [2.75, 3.05) is 0 Å². The molecule has 58 heavy (non-hydrogen) atoms. The Morgan fingerprint density at radius 2 is 1.17 bits per heavy atom. The number of para-hydroxylation sites is 2. The van der Waals surface area contributed by atoms with Gasteiger partial charge in [-0.25, -0.2) is 9.83 Å². The van der Waals surface area contributed by atoms with Crippen LogP contribution in [0, 0.1) is 6.57 Å². The monoisotopic (exact) mass is 764 g/mol. The number of aromatic hydroxyl groups is 1. The minimum absolute atomic E-state index is 0.0397. The van der Waals surface area contributed by atoms with E-state index in [1.54, 1.807) is 0 Å². The zero-order valence-electron chi connectivity index (χ0n) is 36.2. The van der Waals surface area contributed by atoms with Crippen LogP contribution in [0.1, 0.15) is 105 Å². The lowest BCUT2D eigenvalue weighted by molar-refractivity contribution is 0.448. The van der Waals surface area contributed by atoms with Crippen molar-refractivity contribution in [2.45, 2.75) is 105 Å². The van der Waals surface area contributed by atoms with Gasteiger partial charge in [-0.2, -0.15) is 0 Å². The molecule has 0 aliphatic carbocycles. The number of hydrogen-bond donors (Lipinski definition) is 1. The fourth-order valence-corrected chi connectivity index (χ4v) is 7.87. The third kappa shape index (κ3) is 7.57. The summed E-state index contributed by atoms with van der Waals surface area (Å²) in [5, 5.41) is 12.3. The third-order valence-corrected chi connectivity index (χ3v) is 11.1. The maximum Gasteiger partial charge on any atom is 0.198 e. The molecule has 1 N–H and O–H groups in total. The Hall–Kier alpha value is -5.99. The van der Waals surface area contributed by atoms with E-state index in [1.807, 2.05) is 42.6 Å². The summed E-state index contributed by atoms with van der Waals surface area (Å²) >= 11 is 0. The summed E-state index contributed by atoms with van der Waals surface area (Å²) in [5.41, 5.74) is 13.1. The topological polar surface area (TPSA) is 55.3 Å². The van der Waals surface area contributed by atoms with Gasteiger partial charge in [0.05, 0.1) is 28.9 Å². The van der Waals surface area contributed by atoms with Crippen LogP contribution in [0.15, 0.2) is 115 Å². The van der Waals surface area contributed by atoms with Gasteiger partial charge in [0.25, 0.3) is 0 Å². The maximum atomic E-state index is 12.3. The average Bonchev–Trinajstić information content (AvgIpc) is 3.56. The first-order valence-corrected chi connectivity index (χ1v) is 20.3. The molecule has 5 nitrogen and oxygen atoms in total. The molecule has 0 spiro atoms. The molecule has 0 amide bonds. The molecule has 0 aliphatic heterocycles. The van der Waals surface area contributed by atoms with E-state index in [1.165, 1.54) is 11.1 Å². The molecular weight excluding hydrogens is 709 g/mol. The Kier molecular flexibility index (Phi) is 10.0. The summed E-state index contributed by atoms with van der Waals surface area (Å²) in [6.45, 7) is 34.5. The van der Waals surface area contributed by atoms with E-state index in [0.29, 0.717) is 22.6 Å². The molecule has 7 rings (SSSR count). The molecule has 2 aromatic heterocycles. The number of hydrogen-bond acceptors (Lipinski definition) is 3. The van der Waals surface area contributed by atoms with E-state index in [-0.39, 0.29) is 22.0 Å². The molecule has 5 heteroatoms. The summed E-state index contributed by atoms with van der Waals surface area (Å²) in [5.74, 6) is 0.709. The second-order valence-corrected chi connectivity index (χ2v) is 19.7. The first kappa shape index (κ1) is 40.2. The fraction of sp³-hybridized carbons (Fsp3) is 0.302. The van der Waals surface area contributed by atoms with Crippen molar-refractivity contribution < 1.29 is 5.11 Å². The predicted octanol–water partition coefficient (Wildman–Crippen LogP) is 14.5. The van der Waals surface area contributed by atoms with Crippen LogP contribution in [0.2, 0.25) is 0 Å². The molecule has 0 aliphatic rings. The zero-order valence-corrected chi connectivity index (χ0v) is 36.2. The quantitative estimate of drug-likeness (QED) is 0.178. The molecule has 0 radical (unpaired) electrons. The summed E-state index contributed by atoms with van der Waals surface area (Å²) < 4.78 is 2.15. The Labute approximate surface area is 345 Å². The lowest BCUT2D eigenvalue weighted by atomic mass is 9.77. The van der Waals surface area contributed by atoms with E-state index in [2.05, 4.69) is 165 Å². The third-order valence-electron chi connectivity index (χ3n) is 11.1. The van der Waals surface area contributed by atoms with Crippen molar-refractivity contribution in [2.24, 2.45) is 0 Å². The number of pyridine rings is 1. The van der Waals surface area contributed by atoms with E-state index in [9.17, 15) is 5.11 Å². The molecule has 7 aromatic rings. The molecule has 0 unspecified atom stereocenters. The Bertz CT molecular complexity index is 2670. The normalized spacial score (nSPS) is 12.5. The van der Waals surface area contributed by atoms with Crippen molar-refractivity contribution in [3.63, 3.8) is 0 Å². The van der Waals surface area contributed by atoms with Crippen molar-refractivity contribution in [3.8, 4) is 56.3 Å². The number of phenols is 1. The molecule has 294 valence electrons. The van der Waals surface area contributed by atoms with Crippen LogP contribution in [-0.2, 0) is 21.7 Å². The van der Waals surface area contributed by atoms with Gasteiger partial charge in [0.2, 0.25) is 0 Å². The van der Waals surface area contributed by atoms with Crippen LogP contribution >= 0.6 is 0 Å². The molecular formula is C53H56N4O. The van der Waals surface area contributed by atoms with Gasteiger partial charge in [0.15, 0.2) is 5.69 Å². The van der Waals surface area contributed by atoms with Gasteiger partial charge in [-0.1, -0.05) is 144 Å². The first-order chi connectivity index (χ1) is 27.2. The van der Waals surface area contributed by atoms with Crippen molar-refractivity contribution in [3.05, 3.63) is 149 Å². The molecule has 2 heterocycles. The number of phenolic OH excluding ortho intramolecular Hbond substituents is 1. The molecule has 0 saturated carbocycles. The van der Waals surface area contributed by atoms with Gasteiger partial charge < -0.3 is 5.11 Å². The molecule has 0 saturated heterocycles. The number of imidazole rings is 1. The number of aromatic nitrogens is 3. The average molecular weight is 765 g/mol. The minimum Gasteiger partial charge on any atom is -0.508 e. The van der Waals surface area contributed by atoms with Gasteiger partial charge in [0.1, 0.15) is 11.6 Å². The van der Waals surface area contributed by atoms with Crippen molar-refractivity contribution in [1.82, 2.24) is 14.5 Å². The first-order valence-electron chi connectivity index (χ1n) is 20.3. The molecule has 5 aromatic carbocycles. The second kappa shape index (κ2) is 14.4. The molecule has 0 fully saturated rings. The van der Waals surface area contributed by atoms with Crippen molar-refractivity contribution in [1.29, 1.82) is 0 Å². The molecule has 0 bridgehead atoms. The Balaban J connectivity index is 1.58. The number of nitrogens with zero attached hydrogens (tertiary/aromatic N) is 4. The summed E-state index contributed by atoms with van der Waals surface area (Å²) in [6, 6.07) is 38.4. The van der Waals surface area contributed by atoms with Gasteiger partial charge in [0, 0.05) is 28.6 Å². The SMILES string of the molecule is [C-]#[N+]c1c(C(C)(C)C)cc(-c2nc3c(-c4cc(-c5cc(C(C)(C)C)cc(C(C)(C)C)c5)cc(-c5ccccn5)c4)cccc3n2-c2ccccc2)c(O)c1C(C)(C)C.